The van der Waals surface area contributed by atoms with Gasteiger partial charge < -0.3 is 4.74 Å². The van der Waals surface area contributed by atoms with Gasteiger partial charge in [0.15, 0.2) is 0 Å². The zero-order valence-electron chi connectivity index (χ0n) is 7.49. The number of carbonyl (C=O) groups is 1. The van der Waals surface area contributed by atoms with Crippen LogP contribution < -0.4 is 5.43 Å². The summed E-state index contributed by atoms with van der Waals surface area (Å²) in [5.41, 5.74) is 2.24. The Kier molecular flexibility index (Phi) is 4.61. The van der Waals surface area contributed by atoms with E-state index in [-0.39, 0.29) is 0 Å². The molecule has 0 aliphatic carbocycles. The Labute approximate surface area is 94.1 Å². The molecule has 0 saturated carbocycles. The van der Waals surface area contributed by atoms with Gasteiger partial charge in [-0.15, -0.1) is 11.3 Å². The number of amides is 1. The average molecular weight is 277 g/mol. The third-order valence-electron chi connectivity index (χ3n) is 1.21. The number of halogens is 1. The second-order valence-corrected chi connectivity index (χ2v) is 4.12. The van der Waals surface area contributed by atoms with Gasteiger partial charge in [0.05, 0.1) is 12.8 Å². The van der Waals surface area contributed by atoms with Gasteiger partial charge in [0.25, 0.3) is 0 Å². The second kappa shape index (κ2) is 5.77. The molecule has 1 amide bonds. The molecule has 0 atom stereocenters. The van der Waals surface area contributed by atoms with Crippen LogP contribution >= 0.6 is 27.3 Å². The fraction of sp³-hybridized carbons (Fsp3) is 0.250. The van der Waals surface area contributed by atoms with E-state index in [0.29, 0.717) is 6.61 Å². The van der Waals surface area contributed by atoms with Gasteiger partial charge in [-0.05, 0) is 28.9 Å². The van der Waals surface area contributed by atoms with Crippen molar-refractivity contribution in [1.82, 2.24) is 5.43 Å². The maximum Gasteiger partial charge on any atom is 0.427 e. The third kappa shape index (κ3) is 3.89. The first-order chi connectivity index (χ1) is 6.72. The van der Waals surface area contributed by atoms with Crippen LogP contribution in [0.5, 0.6) is 0 Å². The van der Waals surface area contributed by atoms with E-state index in [2.05, 4.69) is 31.2 Å². The number of nitrogens with one attached hydrogen (secondary N) is 1. The molecule has 76 valence electrons. The number of thiophene rings is 1. The largest absolute Gasteiger partial charge is 0.449 e. The zero-order valence-corrected chi connectivity index (χ0v) is 9.89. The average Bonchev–Trinajstić information content (AvgIpc) is 2.52. The molecule has 0 saturated heterocycles. The van der Waals surface area contributed by atoms with Crippen LogP contribution in [0, 0.1) is 0 Å². The van der Waals surface area contributed by atoms with E-state index in [1.54, 1.807) is 13.1 Å². The highest BCUT2D eigenvalue weighted by atomic mass is 79.9. The molecule has 0 radical (unpaired) electrons. The zero-order chi connectivity index (χ0) is 10.4. The summed E-state index contributed by atoms with van der Waals surface area (Å²) in [5, 5.41) is 5.65. The molecule has 1 aromatic rings. The molecule has 0 fully saturated rings. The van der Waals surface area contributed by atoms with E-state index in [9.17, 15) is 4.79 Å². The van der Waals surface area contributed by atoms with E-state index in [4.69, 9.17) is 0 Å². The minimum Gasteiger partial charge on any atom is -0.449 e. The highest BCUT2D eigenvalue weighted by molar-refractivity contribution is 9.10. The highest BCUT2D eigenvalue weighted by Crippen LogP contribution is 2.17. The van der Waals surface area contributed by atoms with E-state index >= 15 is 0 Å². The lowest BCUT2D eigenvalue weighted by atomic mass is 10.5. The van der Waals surface area contributed by atoms with Gasteiger partial charge >= 0.3 is 6.09 Å². The molecule has 0 spiro atoms. The Hall–Kier alpha value is -0.880. The summed E-state index contributed by atoms with van der Waals surface area (Å²) in [5.74, 6) is 0. The van der Waals surface area contributed by atoms with E-state index < -0.39 is 6.09 Å². The molecule has 1 aromatic heterocycles. The summed E-state index contributed by atoms with van der Waals surface area (Å²) in [6, 6.07) is 1.90. The Bertz CT molecular complexity index is 338. The van der Waals surface area contributed by atoms with Crippen LogP contribution in [0.25, 0.3) is 0 Å². The van der Waals surface area contributed by atoms with Gasteiger partial charge in [0.2, 0.25) is 0 Å². The summed E-state index contributed by atoms with van der Waals surface area (Å²) < 4.78 is 5.62. The van der Waals surface area contributed by atoms with Crippen molar-refractivity contribution >= 4 is 39.6 Å². The van der Waals surface area contributed by atoms with Crippen LogP contribution in [0.15, 0.2) is 21.0 Å². The van der Waals surface area contributed by atoms with Crippen molar-refractivity contribution < 1.29 is 9.53 Å². The van der Waals surface area contributed by atoms with Crippen molar-refractivity contribution in [2.45, 2.75) is 6.92 Å². The van der Waals surface area contributed by atoms with Gasteiger partial charge in [-0.25, -0.2) is 10.2 Å². The summed E-state index contributed by atoms with van der Waals surface area (Å²) in [6.07, 6.45) is 1.02. The molecule has 0 bridgehead atoms. The molecule has 6 heteroatoms. The Balaban J connectivity index is 2.37. The van der Waals surface area contributed by atoms with Crippen LogP contribution in [0.3, 0.4) is 0 Å². The van der Waals surface area contributed by atoms with Crippen LogP contribution in [0.1, 0.15) is 11.8 Å². The van der Waals surface area contributed by atoms with Gasteiger partial charge in [-0.3, -0.25) is 0 Å². The monoisotopic (exact) mass is 276 g/mol. The number of ether oxygens (including phenoxy) is 1. The molecule has 4 nitrogen and oxygen atoms in total. The lowest BCUT2D eigenvalue weighted by Gasteiger charge is -1.97. The number of hydrazone groups is 1. The van der Waals surface area contributed by atoms with Gasteiger partial charge in [0, 0.05) is 14.7 Å². The molecule has 0 unspecified atom stereocenters. The lowest BCUT2D eigenvalue weighted by Crippen LogP contribution is -2.18. The van der Waals surface area contributed by atoms with Crippen molar-refractivity contribution in [3.8, 4) is 0 Å². The number of rotatable bonds is 3. The second-order valence-electron chi connectivity index (χ2n) is 2.26. The molecule has 0 aliphatic heterocycles. The standard InChI is InChI=1S/C8H9BrN2O2S/c1-2-13-8(12)11-10-4-7-3-6(9)5-14-7/h3-5H,2H2,1H3,(H,11,12)/b10-4+. The SMILES string of the molecule is CCOC(=O)N/N=C/c1cc(Br)cs1. The first kappa shape index (κ1) is 11.2. The van der Waals surface area contributed by atoms with E-state index in [1.165, 1.54) is 11.3 Å². The Morgan fingerprint density at radius 1 is 1.86 bits per heavy atom. The molecule has 1 rings (SSSR count). The fourth-order valence-electron chi connectivity index (χ4n) is 0.708. The maximum absolute atomic E-state index is 10.8. The van der Waals surface area contributed by atoms with Gasteiger partial charge in [-0.1, -0.05) is 0 Å². The van der Waals surface area contributed by atoms with Crippen molar-refractivity contribution in [2.24, 2.45) is 5.10 Å². The fourth-order valence-corrected chi connectivity index (χ4v) is 2.01. The number of nitrogens with zero attached hydrogens (tertiary/aromatic N) is 1. The summed E-state index contributed by atoms with van der Waals surface area (Å²) in [7, 11) is 0. The summed E-state index contributed by atoms with van der Waals surface area (Å²) in [4.78, 5) is 11.7. The van der Waals surface area contributed by atoms with Crippen LogP contribution in [0.4, 0.5) is 4.79 Å². The van der Waals surface area contributed by atoms with Crippen molar-refractivity contribution in [1.29, 1.82) is 0 Å². The smallest absolute Gasteiger partial charge is 0.427 e. The minimum atomic E-state index is -0.542. The molecule has 1 heterocycles. The molecule has 14 heavy (non-hydrogen) atoms. The number of carbonyl (C=O) groups excluding carboxylic acids is 1. The number of hydrogen-bond acceptors (Lipinski definition) is 4. The third-order valence-corrected chi connectivity index (χ3v) is 2.84. The Morgan fingerprint density at radius 2 is 2.64 bits per heavy atom. The van der Waals surface area contributed by atoms with E-state index in [0.717, 1.165) is 9.35 Å². The summed E-state index contributed by atoms with van der Waals surface area (Å²) in [6.45, 7) is 2.07. The van der Waals surface area contributed by atoms with Crippen LogP contribution in [-0.4, -0.2) is 18.9 Å². The maximum atomic E-state index is 10.8. The van der Waals surface area contributed by atoms with Crippen molar-refractivity contribution in [3.05, 3.63) is 20.8 Å². The first-order valence-electron chi connectivity index (χ1n) is 3.92. The van der Waals surface area contributed by atoms with Crippen molar-refractivity contribution in [2.75, 3.05) is 6.61 Å². The minimum absolute atomic E-state index is 0.339. The predicted molar refractivity (Wildman–Crippen MR) is 59.8 cm³/mol. The van der Waals surface area contributed by atoms with Crippen molar-refractivity contribution in [3.63, 3.8) is 0 Å². The number of hydrogen-bond donors (Lipinski definition) is 1. The molecular formula is C8H9BrN2O2S. The van der Waals surface area contributed by atoms with E-state index in [1.807, 2.05) is 11.4 Å². The molecule has 1 N–H and O–H groups in total. The first-order valence-corrected chi connectivity index (χ1v) is 5.59. The normalized spacial score (nSPS) is 10.4. The highest BCUT2D eigenvalue weighted by Gasteiger charge is 1.96. The quantitative estimate of drug-likeness (QED) is 0.682. The lowest BCUT2D eigenvalue weighted by molar-refractivity contribution is 0.152. The molecular weight excluding hydrogens is 268 g/mol. The van der Waals surface area contributed by atoms with Gasteiger partial charge in [-0.2, -0.15) is 5.10 Å². The summed E-state index contributed by atoms with van der Waals surface area (Å²) >= 11 is 4.84. The predicted octanol–water partition coefficient (Wildman–Crippen LogP) is 2.59. The van der Waals surface area contributed by atoms with Gasteiger partial charge in [0.1, 0.15) is 0 Å². The molecule has 0 aromatic carbocycles. The van der Waals surface area contributed by atoms with Crippen LogP contribution in [0.2, 0.25) is 0 Å². The Morgan fingerprint density at radius 3 is 3.21 bits per heavy atom. The topological polar surface area (TPSA) is 50.7 Å². The van der Waals surface area contributed by atoms with Crippen LogP contribution in [-0.2, 0) is 4.74 Å². The molecule has 0 aliphatic rings.